The molecule has 0 bridgehead atoms. The maximum atomic E-state index is 12.1. The van der Waals surface area contributed by atoms with E-state index in [0.717, 1.165) is 18.8 Å². The molecule has 21 heavy (non-hydrogen) atoms. The minimum atomic E-state index is -0.0499. The lowest BCUT2D eigenvalue weighted by molar-refractivity contribution is -0.132. The number of carbonyl (C=O) groups excluding carboxylic acids is 2. The highest BCUT2D eigenvalue weighted by Crippen LogP contribution is 2.44. The van der Waals surface area contributed by atoms with E-state index >= 15 is 0 Å². The van der Waals surface area contributed by atoms with Crippen LogP contribution in [0.25, 0.3) is 0 Å². The zero-order valence-corrected chi connectivity index (χ0v) is 12.9. The van der Waals surface area contributed by atoms with Crippen LogP contribution in [0.3, 0.4) is 0 Å². The van der Waals surface area contributed by atoms with Crippen LogP contribution < -0.4 is 10.6 Å². The van der Waals surface area contributed by atoms with Crippen molar-refractivity contribution in [1.29, 1.82) is 0 Å². The molecule has 3 fully saturated rings. The summed E-state index contributed by atoms with van der Waals surface area (Å²) in [6, 6.07) is 0.432. The summed E-state index contributed by atoms with van der Waals surface area (Å²) in [5.74, 6) is 1.72. The van der Waals surface area contributed by atoms with Crippen LogP contribution in [0, 0.1) is 11.8 Å². The van der Waals surface area contributed by atoms with Crippen molar-refractivity contribution in [1.82, 2.24) is 15.5 Å². The summed E-state index contributed by atoms with van der Waals surface area (Å²) < 4.78 is 0. The lowest BCUT2D eigenvalue weighted by atomic mass is 9.85. The normalized spacial score (nSPS) is 33.7. The predicted octanol–water partition coefficient (Wildman–Crippen LogP) is 1.88. The van der Waals surface area contributed by atoms with Crippen LogP contribution >= 0.6 is 0 Å². The number of hydrogen-bond donors (Lipinski definition) is 2. The number of nitrogens with one attached hydrogen (secondary N) is 2. The van der Waals surface area contributed by atoms with Gasteiger partial charge in [0.25, 0.3) is 0 Å². The molecule has 3 amide bonds. The molecule has 1 saturated heterocycles. The van der Waals surface area contributed by atoms with E-state index in [9.17, 15) is 9.59 Å². The molecule has 0 aromatic heterocycles. The van der Waals surface area contributed by atoms with Crippen LogP contribution in [0.1, 0.15) is 51.4 Å². The quantitative estimate of drug-likeness (QED) is 0.834. The van der Waals surface area contributed by atoms with E-state index in [2.05, 4.69) is 10.6 Å². The predicted molar refractivity (Wildman–Crippen MR) is 80.8 cm³/mol. The van der Waals surface area contributed by atoms with Crippen LogP contribution in [0.2, 0.25) is 0 Å². The van der Waals surface area contributed by atoms with Gasteiger partial charge in [-0.25, -0.2) is 4.79 Å². The van der Waals surface area contributed by atoms with Gasteiger partial charge in [0.05, 0.1) is 0 Å². The largest absolute Gasteiger partial charge is 0.344 e. The van der Waals surface area contributed by atoms with Gasteiger partial charge in [0.2, 0.25) is 5.91 Å². The lowest BCUT2D eigenvalue weighted by Crippen LogP contribution is -2.51. The van der Waals surface area contributed by atoms with E-state index < -0.39 is 0 Å². The van der Waals surface area contributed by atoms with Gasteiger partial charge in [0.1, 0.15) is 0 Å². The smallest absolute Gasteiger partial charge is 0.315 e. The summed E-state index contributed by atoms with van der Waals surface area (Å²) >= 11 is 0. The first-order chi connectivity index (χ1) is 10.1. The van der Waals surface area contributed by atoms with E-state index in [4.69, 9.17) is 0 Å². The molecule has 0 radical (unpaired) electrons. The standard InChI is InChI=1S/C16H27N3O2/c1-19-10-12(7-8-15(19)20)17-16(21)18-14-9-13(14)11-5-3-2-4-6-11/h11-14H,2-10H2,1H3,(H2,17,18,21)/t12-,13+,14+/m1/s1. The van der Waals surface area contributed by atoms with Gasteiger partial charge < -0.3 is 15.5 Å². The molecule has 3 atom stereocenters. The van der Waals surface area contributed by atoms with Crippen molar-refractivity contribution in [3.63, 3.8) is 0 Å². The minimum Gasteiger partial charge on any atom is -0.344 e. The molecule has 0 spiro atoms. The fourth-order valence-electron chi connectivity index (χ4n) is 3.99. The van der Waals surface area contributed by atoms with Crippen molar-refractivity contribution in [2.24, 2.45) is 11.8 Å². The first kappa shape index (κ1) is 14.7. The third kappa shape index (κ3) is 3.69. The van der Waals surface area contributed by atoms with Gasteiger partial charge in [-0.1, -0.05) is 32.1 Å². The highest BCUT2D eigenvalue weighted by Gasteiger charge is 2.43. The van der Waals surface area contributed by atoms with Crippen molar-refractivity contribution in [2.45, 2.75) is 63.5 Å². The first-order valence-corrected chi connectivity index (χ1v) is 8.44. The van der Waals surface area contributed by atoms with Crippen molar-refractivity contribution < 1.29 is 9.59 Å². The van der Waals surface area contributed by atoms with Gasteiger partial charge in [-0.3, -0.25) is 4.79 Å². The Hall–Kier alpha value is -1.26. The van der Waals surface area contributed by atoms with Crippen molar-refractivity contribution in [3.8, 4) is 0 Å². The SMILES string of the molecule is CN1C[C@H](NC(=O)N[C@H]2C[C@H]2C2CCCCC2)CCC1=O. The summed E-state index contributed by atoms with van der Waals surface area (Å²) in [4.78, 5) is 25.2. The second kappa shape index (κ2) is 6.24. The highest BCUT2D eigenvalue weighted by molar-refractivity contribution is 5.78. The van der Waals surface area contributed by atoms with Crippen molar-refractivity contribution in [3.05, 3.63) is 0 Å². The summed E-state index contributed by atoms with van der Waals surface area (Å²) in [7, 11) is 1.80. The first-order valence-electron chi connectivity index (χ1n) is 8.44. The average Bonchev–Trinajstić information content (AvgIpc) is 3.23. The molecular weight excluding hydrogens is 266 g/mol. The highest BCUT2D eigenvalue weighted by atomic mass is 16.2. The Labute approximate surface area is 126 Å². The molecule has 0 aromatic rings. The molecule has 3 rings (SSSR count). The van der Waals surface area contributed by atoms with Gasteiger partial charge >= 0.3 is 6.03 Å². The molecule has 5 heteroatoms. The van der Waals surface area contributed by atoms with E-state index in [1.54, 1.807) is 11.9 Å². The second-order valence-electron chi connectivity index (χ2n) is 7.03. The molecule has 2 saturated carbocycles. The monoisotopic (exact) mass is 293 g/mol. The van der Waals surface area contributed by atoms with Crippen LogP contribution in [0.5, 0.6) is 0 Å². The zero-order chi connectivity index (χ0) is 14.8. The fraction of sp³-hybridized carbons (Fsp3) is 0.875. The van der Waals surface area contributed by atoms with Gasteiger partial charge in [-0.2, -0.15) is 0 Å². The maximum Gasteiger partial charge on any atom is 0.315 e. The van der Waals surface area contributed by atoms with Gasteiger partial charge in [0.15, 0.2) is 0 Å². The number of likely N-dealkylation sites (tertiary alicyclic amines) is 1. The van der Waals surface area contributed by atoms with E-state index in [1.807, 2.05) is 0 Å². The summed E-state index contributed by atoms with van der Waals surface area (Å²) in [6.45, 7) is 0.628. The Morgan fingerprint density at radius 1 is 1.14 bits per heavy atom. The van der Waals surface area contributed by atoms with Gasteiger partial charge in [-0.05, 0) is 24.7 Å². The Kier molecular flexibility index (Phi) is 4.36. The summed E-state index contributed by atoms with van der Waals surface area (Å²) in [5, 5.41) is 6.14. The van der Waals surface area contributed by atoms with Crippen LogP contribution in [0.15, 0.2) is 0 Å². The molecule has 2 aliphatic carbocycles. The minimum absolute atomic E-state index is 0.0499. The van der Waals surface area contributed by atoms with Gasteiger partial charge in [-0.15, -0.1) is 0 Å². The Morgan fingerprint density at radius 3 is 2.62 bits per heavy atom. The second-order valence-corrected chi connectivity index (χ2v) is 7.03. The molecule has 3 aliphatic rings. The van der Waals surface area contributed by atoms with Crippen molar-refractivity contribution in [2.75, 3.05) is 13.6 Å². The maximum absolute atomic E-state index is 12.1. The van der Waals surface area contributed by atoms with E-state index in [0.29, 0.717) is 24.9 Å². The van der Waals surface area contributed by atoms with E-state index in [1.165, 1.54) is 32.1 Å². The number of likely N-dealkylation sites (N-methyl/N-ethyl adjacent to an activating group) is 1. The number of urea groups is 1. The Balaban J connectivity index is 1.38. The molecule has 0 aromatic carbocycles. The van der Waals surface area contributed by atoms with Crippen LogP contribution in [-0.2, 0) is 4.79 Å². The fourth-order valence-corrected chi connectivity index (χ4v) is 3.99. The molecule has 0 unspecified atom stereocenters. The molecule has 5 nitrogen and oxygen atoms in total. The molecule has 118 valence electrons. The Morgan fingerprint density at radius 2 is 1.90 bits per heavy atom. The molecule has 2 N–H and O–H groups in total. The summed E-state index contributed by atoms with van der Waals surface area (Å²) in [6.07, 6.45) is 9.25. The number of carbonyl (C=O) groups is 2. The molecular formula is C16H27N3O2. The third-order valence-corrected chi connectivity index (χ3v) is 5.37. The van der Waals surface area contributed by atoms with Gasteiger partial charge in [0, 0.05) is 32.1 Å². The molecule has 1 aliphatic heterocycles. The molecule has 1 heterocycles. The van der Waals surface area contributed by atoms with Crippen LogP contribution in [0.4, 0.5) is 4.79 Å². The number of rotatable bonds is 3. The zero-order valence-electron chi connectivity index (χ0n) is 12.9. The number of amides is 3. The third-order valence-electron chi connectivity index (χ3n) is 5.37. The van der Waals surface area contributed by atoms with E-state index in [-0.39, 0.29) is 18.0 Å². The Bertz CT molecular complexity index is 406. The number of hydrogen-bond acceptors (Lipinski definition) is 2. The van der Waals surface area contributed by atoms with Crippen molar-refractivity contribution >= 4 is 11.9 Å². The lowest BCUT2D eigenvalue weighted by Gasteiger charge is -2.30. The number of piperidine rings is 1. The topological polar surface area (TPSA) is 61.4 Å². The average molecular weight is 293 g/mol. The summed E-state index contributed by atoms with van der Waals surface area (Å²) in [5.41, 5.74) is 0. The number of nitrogens with zero attached hydrogens (tertiary/aromatic N) is 1. The van der Waals surface area contributed by atoms with Crippen LogP contribution in [-0.4, -0.2) is 42.5 Å².